The molecule has 2 aromatic rings. The van der Waals surface area contributed by atoms with Crippen LogP contribution in [0.1, 0.15) is 22.8 Å². The number of rotatable bonds is 5. The molecule has 0 spiro atoms. The van der Waals surface area contributed by atoms with E-state index in [0.717, 1.165) is 4.47 Å². The van der Waals surface area contributed by atoms with Crippen molar-refractivity contribution < 1.29 is 19.1 Å². The smallest absolute Gasteiger partial charge is 0.308 e. The summed E-state index contributed by atoms with van der Waals surface area (Å²) in [5.74, 6) is -0.0418. The molecule has 0 saturated heterocycles. The van der Waals surface area contributed by atoms with Crippen molar-refractivity contribution in [3.8, 4) is 11.5 Å². The van der Waals surface area contributed by atoms with Gasteiger partial charge in [0, 0.05) is 17.0 Å². The van der Waals surface area contributed by atoms with Crippen LogP contribution in [0.4, 0.5) is 0 Å². The van der Waals surface area contributed by atoms with E-state index in [0.29, 0.717) is 22.6 Å². The van der Waals surface area contributed by atoms with Crippen LogP contribution in [0.3, 0.4) is 0 Å². The van der Waals surface area contributed by atoms with Crippen molar-refractivity contribution >= 4 is 34.0 Å². The quantitative estimate of drug-likeness (QED) is 0.368. The summed E-state index contributed by atoms with van der Waals surface area (Å²) in [6.07, 6.45) is 1.47. The third kappa shape index (κ3) is 4.92. The normalized spacial score (nSPS) is 10.5. The molecule has 0 aliphatic rings. The van der Waals surface area contributed by atoms with Crippen molar-refractivity contribution in [2.24, 2.45) is 5.10 Å². The van der Waals surface area contributed by atoms with Crippen molar-refractivity contribution in [2.75, 3.05) is 7.11 Å². The number of hydrogen-bond donors (Lipinski definition) is 1. The molecule has 0 aliphatic heterocycles. The van der Waals surface area contributed by atoms with Gasteiger partial charge in [-0.2, -0.15) is 5.10 Å². The van der Waals surface area contributed by atoms with Crippen molar-refractivity contribution in [3.63, 3.8) is 0 Å². The second-order valence-electron chi connectivity index (χ2n) is 4.71. The molecular weight excluding hydrogens is 376 g/mol. The number of nitrogens with one attached hydrogen (secondary N) is 1. The van der Waals surface area contributed by atoms with Gasteiger partial charge in [0.25, 0.3) is 5.91 Å². The number of hydrazone groups is 1. The predicted octanol–water partition coefficient (Wildman–Crippen LogP) is 3.15. The highest BCUT2D eigenvalue weighted by Gasteiger charge is 2.08. The van der Waals surface area contributed by atoms with E-state index >= 15 is 0 Å². The molecule has 2 rings (SSSR count). The Bertz CT molecular complexity index is 790. The standard InChI is InChI=1S/C17H15BrN2O4/c1-11(21)24-15-7-6-12(8-16(15)23-2)10-19-20-17(22)13-4-3-5-14(18)9-13/h3-10H,1-2H3,(H,20,22)/b19-10+. The van der Waals surface area contributed by atoms with Crippen LogP contribution in [0.15, 0.2) is 52.0 Å². The van der Waals surface area contributed by atoms with Gasteiger partial charge in [0.15, 0.2) is 11.5 Å². The van der Waals surface area contributed by atoms with Crippen LogP contribution in [0, 0.1) is 0 Å². The Hall–Kier alpha value is -2.67. The molecule has 0 unspecified atom stereocenters. The SMILES string of the molecule is COc1cc(/C=N/NC(=O)c2cccc(Br)c2)ccc1OC(C)=O. The van der Waals surface area contributed by atoms with E-state index < -0.39 is 5.97 Å². The van der Waals surface area contributed by atoms with Crippen LogP contribution in [0.25, 0.3) is 0 Å². The molecule has 1 amide bonds. The molecule has 0 fully saturated rings. The molecule has 24 heavy (non-hydrogen) atoms. The second-order valence-corrected chi connectivity index (χ2v) is 5.63. The van der Waals surface area contributed by atoms with Gasteiger partial charge in [-0.3, -0.25) is 9.59 Å². The van der Waals surface area contributed by atoms with E-state index in [2.05, 4.69) is 26.5 Å². The largest absolute Gasteiger partial charge is 0.493 e. The van der Waals surface area contributed by atoms with E-state index in [4.69, 9.17) is 9.47 Å². The van der Waals surface area contributed by atoms with Crippen molar-refractivity contribution in [3.05, 3.63) is 58.1 Å². The van der Waals surface area contributed by atoms with Crippen molar-refractivity contribution in [1.82, 2.24) is 5.43 Å². The summed E-state index contributed by atoms with van der Waals surface area (Å²) < 4.78 is 11.0. The van der Waals surface area contributed by atoms with E-state index in [1.54, 1.807) is 36.4 Å². The van der Waals surface area contributed by atoms with E-state index in [1.807, 2.05) is 6.07 Å². The zero-order chi connectivity index (χ0) is 17.5. The number of amides is 1. The third-order valence-electron chi connectivity index (χ3n) is 2.91. The van der Waals surface area contributed by atoms with Crippen LogP contribution in [-0.4, -0.2) is 25.2 Å². The van der Waals surface area contributed by atoms with Gasteiger partial charge in [0.2, 0.25) is 0 Å². The lowest BCUT2D eigenvalue weighted by molar-refractivity contribution is -0.132. The third-order valence-corrected chi connectivity index (χ3v) is 3.40. The lowest BCUT2D eigenvalue weighted by Gasteiger charge is -2.08. The monoisotopic (exact) mass is 390 g/mol. The topological polar surface area (TPSA) is 77.0 Å². The molecule has 0 heterocycles. The molecule has 0 bridgehead atoms. The molecule has 6 nitrogen and oxygen atoms in total. The molecule has 0 aliphatic carbocycles. The molecule has 0 aromatic heterocycles. The van der Waals surface area contributed by atoms with E-state index in [1.165, 1.54) is 20.2 Å². The lowest BCUT2D eigenvalue weighted by Crippen LogP contribution is -2.17. The first kappa shape index (κ1) is 17.7. The summed E-state index contributed by atoms with van der Waals surface area (Å²) in [5, 5.41) is 3.91. The van der Waals surface area contributed by atoms with Gasteiger partial charge >= 0.3 is 5.97 Å². The fourth-order valence-electron chi connectivity index (χ4n) is 1.86. The van der Waals surface area contributed by atoms with Crippen LogP contribution in [-0.2, 0) is 4.79 Å². The average Bonchev–Trinajstić information content (AvgIpc) is 2.55. The van der Waals surface area contributed by atoms with Crippen LogP contribution < -0.4 is 14.9 Å². The first-order valence-corrected chi connectivity index (χ1v) is 7.74. The van der Waals surface area contributed by atoms with Gasteiger partial charge in [0.05, 0.1) is 13.3 Å². The highest BCUT2D eigenvalue weighted by atomic mass is 79.9. The minimum atomic E-state index is -0.434. The van der Waals surface area contributed by atoms with Crippen LogP contribution in [0.2, 0.25) is 0 Å². The minimum Gasteiger partial charge on any atom is -0.493 e. The van der Waals surface area contributed by atoms with Gasteiger partial charge < -0.3 is 9.47 Å². The summed E-state index contributed by atoms with van der Waals surface area (Å²) in [7, 11) is 1.47. The van der Waals surface area contributed by atoms with Crippen LogP contribution >= 0.6 is 15.9 Å². The molecule has 0 saturated carbocycles. The maximum atomic E-state index is 12.0. The summed E-state index contributed by atoms with van der Waals surface area (Å²) in [4.78, 5) is 23.0. The van der Waals surface area contributed by atoms with E-state index in [9.17, 15) is 9.59 Å². The zero-order valence-electron chi connectivity index (χ0n) is 13.1. The van der Waals surface area contributed by atoms with Gasteiger partial charge in [0.1, 0.15) is 0 Å². The Kier molecular flexibility index (Phi) is 6.08. The Morgan fingerprint density at radius 3 is 2.62 bits per heavy atom. The average molecular weight is 391 g/mol. The van der Waals surface area contributed by atoms with E-state index in [-0.39, 0.29) is 5.91 Å². The zero-order valence-corrected chi connectivity index (χ0v) is 14.7. The summed E-state index contributed by atoms with van der Waals surface area (Å²) in [6.45, 7) is 1.31. The van der Waals surface area contributed by atoms with Crippen molar-refractivity contribution in [2.45, 2.75) is 6.92 Å². The Labute approximate surface area is 147 Å². The second kappa shape index (κ2) is 8.26. The first-order valence-electron chi connectivity index (χ1n) is 6.95. The highest BCUT2D eigenvalue weighted by molar-refractivity contribution is 9.10. The number of carbonyl (C=O) groups is 2. The van der Waals surface area contributed by atoms with Gasteiger partial charge in [-0.25, -0.2) is 5.43 Å². The summed E-state index contributed by atoms with van der Waals surface area (Å²) >= 11 is 3.31. The number of benzene rings is 2. The molecular formula is C17H15BrN2O4. The molecule has 1 N–H and O–H groups in total. The number of ether oxygens (including phenoxy) is 2. The first-order chi connectivity index (χ1) is 11.5. The highest BCUT2D eigenvalue weighted by Crippen LogP contribution is 2.27. The minimum absolute atomic E-state index is 0.320. The molecule has 7 heteroatoms. The van der Waals surface area contributed by atoms with Gasteiger partial charge in [-0.05, 0) is 42.0 Å². The van der Waals surface area contributed by atoms with Crippen molar-refractivity contribution in [1.29, 1.82) is 0 Å². The predicted molar refractivity (Wildman–Crippen MR) is 93.5 cm³/mol. The Morgan fingerprint density at radius 1 is 1.17 bits per heavy atom. The lowest BCUT2D eigenvalue weighted by atomic mass is 10.2. The summed E-state index contributed by atoms with van der Waals surface area (Å²) in [6, 6.07) is 11.9. The molecule has 2 aromatic carbocycles. The Balaban J connectivity index is 2.06. The van der Waals surface area contributed by atoms with Crippen LogP contribution in [0.5, 0.6) is 11.5 Å². The molecule has 0 radical (unpaired) electrons. The summed E-state index contributed by atoms with van der Waals surface area (Å²) in [5.41, 5.74) is 3.61. The maximum Gasteiger partial charge on any atom is 0.308 e. The fourth-order valence-corrected chi connectivity index (χ4v) is 2.26. The number of hydrogen-bond acceptors (Lipinski definition) is 5. The molecule has 0 atom stereocenters. The van der Waals surface area contributed by atoms with Gasteiger partial charge in [-0.1, -0.05) is 22.0 Å². The molecule has 124 valence electrons. The number of halogens is 1. The maximum absolute atomic E-state index is 12.0. The Morgan fingerprint density at radius 2 is 1.96 bits per heavy atom. The number of carbonyl (C=O) groups excluding carboxylic acids is 2. The number of esters is 1. The fraction of sp³-hybridized carbons (Fsp3) is 0.118. The number of methoxy groups -OCH3 is 1. The number of nitrogens with zero attached hydrogens (tertiary/aromatic N) is 1. The van der Waals surface area contributed by atoms with Gasteiger partial charge in [-0.15, -0.1) is 0 Å².